The Kier molecular flexibility index (Phi) is 3.66. The highest BCUT2D eigenvalue weighted by atomic mass is 32.2. The van der Waals surface area contributed by atoms with Crippen molar-refractivity contribution in [3.05, 3.63) is 42.1 Å². The third-order valence-electron chi connectivity index (χ3n) is 2.48. The van der Waals surface area contributed by atoms with E-state index in [1.54, 1.807) is 36.5 Å². The molecule has 7 heteroatoms. The van der Waals surface area contributed by atoms with E-state index in [1.165, 1.54) is 6.26 Å². The summed E-state index contributed by atoms with van der Waals surface area (Å²) in [5, 5.41) is 3.01. The summed E-state index contributed by atoms with van der Waals surface area (Å²) in [7, 11) is -3.15. The average molecular weight is 278 g/mol. The first-order valence-electron chi connectivity index (χ1n) is 5.56. The second kappa shape index (κ2) is 5.23. The third-order valence-corrected chi connectivity index (χ3v) is 3.61. The van der Waals surface area contributed by atoms with Crippen molar-refractivity contribution in [2.75, 3.05) is 17.3 Å². The maximum absolute atomic E-state index is 11.3. The number of anilines is 2. The van der Waals surface area contributed by atoms with Crippen LogP contribution in [0.4, 0.5) is 11.8 Å². The molecule has 1 aromatic carbocycles. The smallest absolute Gasteiger partial charge is 0.224 e. The molecule has 0 aliphatic heterocycles. The van der Waals surface area contributed by atoms with Crippen LogP contribution in [-0.4, -0.2) is 24.6 Å². The van der Waals surface area contributed by atoms with Crippen LogP contribution in [0.1, 0.15) is 5.56 Å². The number of hydrogen-bond acceptors (Lipinski definition) is 6. The lowest BCUT2D eigenvalue weighted by Crippen LogP contribution is -2.05. The fraction of sp³-hybridized carbons (Fsp3) is 0.167. The highest BCUT2D eigenvalue weighted by molar-refractivity contribution is 7.90. The summed E-state index contributed by atoms with van der Waals surface area (Å²) in [5.74, 6) is 0.831. The summed E-state index contributed by atoms with van der Waals surface area (Å²) in [4.78, 5) is 8.32. The first kappa shape index (κ1) is 13.3. The lowest BCUT2D eigenvalue weighted by atomic mass is 10.2. The van der Waals surface area contributed by atoms with E-state index in [1.807, 2.05) is 0 Å². The van der Waals surface area contributed by atoms with Gasteiger partial charge in [0.1, 0.15) is 5.82 Å². The first-order valence-corrected chi connectivity index (χ1v) is 7.46. The first-order chi connectivity index (χ1) is 8.95. The maximum atomic E-state index is 11.3. The molecule has 0 unspecified atom stereocenters. The van der Waals surface area contributed by atoms with Crippen molar-refractivity contribution in [3.63, 3.8) is 0 Å². The molecule has 19 heavy (non-hydrogen) atoms. The lowest BCUT2D eigenvalue weighted by Gasteiger charge is -2.06. The molecular weight excluding hydrogens is 264 g/mol. The van der Waals surface area contributed by atoms with E-state index in [9.17, 15) is 8.42 Å². The summed E-state index contributed by atoms with van der Waals surface area (Å²) < 4.78 is 22.6. The molecule has 0 spiro atoms. The largest absolute Gasteiger partial charge is 0.384 e. The number of hydrogen-bond donors (Lipinski definition) is 2. The Labute approximate surface area is 111 Å². The number of nitrogens with zero attached hydrogens (tertiary/aromatic N) is 2. The number of nitrogen functional groups attached to an aromatic ring is 1. The van der Waals surface area contributed by atoms with Gasteiger partial charge < -0.3 is 11.1 Å². The Morgan fingerprint density at radius 2 is 1.89 bits per heavy atom. The Bertz CT molecular complexity index is 668. The number of sulfone groups is 1. The Balaban J connectivity index is 2.05. The van der Waals surface area contributed by atoms with Crippen molar-refractivity contribution in [2.24, 2.45) is 0 Å². The van der Waals surface area contributed by atoms with Crippen LogP contribution in [0.2, 0.25) is 0 Å². The molecule has 1 aromatic heterocycles. The van der Waals surface area contributed by atoms with Crippen molar-refractivity contribution < 1.29 is 8.42 Å². The van der Waals surface area contributed by atoms with Gasteiger partial charge in [0.15, 0.2) is 9.84 Å². The minimum absolute atomic E-state index is 0.302. The van der Waals surface area contributed by atoms with Crippen molar-refractivity contribution in [3.8, 4) is 0 Å². The van der Waals surface area contributed by atoms with Gasteiger partial charge in [-0.05, 0) is 23.8 Å². The van der Waals surface area contributed by atoms with Gasteiger partial charge in [-0.2, -0.15) is 4.98 Å². The molecule has 0 saturated carbocycles. The van der Waals surface area contributed by atoms with Crippen LogP contribution in [-0.2, 0) is 16.4 Å². The molecule has 0 saturated heterocycles. The van der Waals surface area contributed by atoms with Gasteiger partial charge in [0.05, 0.1) is 4.90 Å². The quantitative estimate of drug-likeness (QED) is 0.868. The highest BCUT2D eigenvalue weighted by Gasteiger charge is 2.06. The topological polar surface area (TPSA) is 98.0 Å². The molecule has 100 valence electrons. The molecule has 0 aliphatic rings. The summed E-state index contributed by atoms with van der Waals surface area (Å²) in [6.45, 7) is 0.494. The van der Waals surface area contributed by atoms with Gasteiger partial charge in [-0.15, -0.1) is 0 Å². The molecule has 1 heterocycles. The molecule has 0 aliphatic carbocycles. The minimum atomic E-state index is -3.15. The molecule has 0 radical (unpaired) electrons. The minimum Gasteiger partial charge on any atom is -0.384 e. The molecular formula is C12H14N4O2S. The summed E-state index contributed by atoms with van der Waals surface area (Å²) in [6, 6.07) is 8.25. The van der Waals surface area contributed by atoms with E-state index in [0.29, 0.717) is 23.2 Å². The monoisotopic (exact) mass is 278 g/mol. The zero-order chi connectivity index (χ0) is 13.9. The van der Waals surface area contributed by atoms with Crippen molar-refractivity contribution >= 4 is 21.6 Å². The van der Waals surface area contributed by atoms with Gasteiger partial charge in [0.25, 0.3) is 0 Å². The standard InChI is InChI=1S/C12H14N4O2S/c1-19(17,18)10-4-2-9(3-5-10)8-15-12-14-7-6-11(13)16-12/h2-7H,8H2,1H3,(H3,13,14,15,16). The van der Waals surface area contributed by atoms with Crippen LogP contribution in [0.25, 0.3) is 0 Å². The van der Waals surface area contributed by atoms with Gasteiger partial charge in [0.2, 0.25) is 5.95 Å². The normalized spacial score (nSPS) is 11.2. The number of rotatable bonds is 4. The second-order valence-corrected chi connectivity index (χ2v) is 6.09. The van der Waals surface area contributed by atoms with E-state index in [4.69, 9.17) is 5.73 Å². The molecule has 2 aromatic rings. The third kappa shape index (κ3) is 3.65. The van der Waals surface area contributed by atoms with Crippen molar-refractivity contribution in [1.29, 1.82) is 0 Å². The fourth-order valence-corrected chi connectivity index (χ4v) is 2.12. The highest BCUT2D eigenvalue weighted by Crippen LogP contribution is 2.11. The van der Waals surface area contributed by atoms with Gasteiger partial charge >= 0.3 is 0 Å². The van der Waals surface area contributed by atoms with Crippen molar-refractivity contribution in [1.82, 2.24) is 9.97 Å². The molecule has 0 fully saturated rings. The molecule has 6 nitrogen and oxygen atoms in total. The van der Waals surface area contributed by atoms with Crippen LogP contribution in [0, 0.1) is 0 Å². The number of nitrogens with two attached hydrogens (primary N) is 1. The SMILES string of the molecule is CS(=O)(=O)c1ccc(CNc2nccc(N)n2)cc1. The fourth-order valence-electron chi connectivity index (χ4n) is 1.49. The zero-order valence-electron chi connectivity index (χ0n) is 10.4. The summed E-state index contributed by atoms with van der Waals surface area (Å²) in [5.41, 5.74) is 6.47. The second-order valence-electron chi connectivity index (χ2n) is 4.07. The van der Waals surface area contributed by atoms with Crippen LogP contribution in [0.15, 0.2) is 41.4 Å². The van der Waals surface area contributed by atoms with Crippen molar-refractivity contribution in [2.45, 2.75) is 11.4 Å². The zero-order valence-corrected chi connectivity index (χ0v) is 11.2. The number of benzene rings is 1. The lowest BCUT2D eigenvalue weighted by molar-refractivity contribution is 0.602. The summed E-state index contributed by atoms with van der Waals surface area (Å²) in [6.07, 6.45) is 2.75. The van der Waals surface area contributed by atoms with Crippen LogP contribution < -0.4 is 11.1 Å². The number of aromatic nitrogens is 2. The molecule has 2 rings (SSSR count). The molecule has 3 N–H and O–H groups in total. The predicted molar refractivity (Wildman–Crippen MR) is 73.3 cm³/mol. The van der Waals surface area contributed by atoms with E-state index in [0.717, 1.165) is 5.56 Å². The Morgan fingerprint density at radius 1 is 1.21 bits per heavy atom. The van der Waals surface area contributed by atoms with Crippen LogP contribution >= 0.6 is 0 Å². The molecule has 0 amide bonds. The van der Waals surface area contributed by atoms with E-state index in [2.05, 4.69) is 15.3 Å². The number of nitrogens with one attached hydrogen (secondary N) is 1. The summed E-state index contributed by atoms with van der Waals surface area (Å²) >= 11 is 0. The molecule has 0 bridgehead atoms. The van der Waals surface area contributed by atoms with E-state index < -0.39 is 9.84 Å². The van der Waals surface area contributed by atoms with Gasteiger partial charge in [-0.25, -0.2) is 13.4 Å². The average Bonchev–Trinajstić information content (AvgIpc) is 2.36. The van der Waals surface area contributed by atoms with Crippen LogP contribution in [0.5, 0.6) is 0 Å². The maximum Gasteiger partial charge on any atom is 0.224 e. The predicted octanol–water partition coefficient (Wildman–Crippen LogP) is 1.07. The Morgan fingerprint density at radius 3 is 2.47 bits per heavy atom. The van der Waals surface area contributed by atoms with E-state index >= 15 is 0 Å². The van der Waals surface area contributed by atoms with Gasteiger partial charge in [-0.3, -0.25) is 0 Å². The van der Waals surface area contributed by atoms with E-state index in [-0.39, 0.29) is 0 Å². The van der Waals surface area contributed by atoms with Gasteiger partial charge in [-0.1, -0.05) is 12.1 Å². The van der Waals surface area contributed by atoms with Crippen LogP contribution in [0.3, 0.4) is 0 Å². The van der Waals surface area contributed by atoms with Gasteiger partial charge in [0, 0.05) is 19.0 Å². The Hall–Kier alpha value is -2.15. The molecule has 0 atom stereocenters.